The monoisotopic (exact) mass is 700 g/mol. The predicted molar refractivity (Wildman–Crippen MR) is 187 cm³/mol. The normalized spacial score (nSPS) is 16.6. The van der Waals surface area contributed by atoms with Crippen molar-refractivity contribution in [2.45, 2.75) is 22.2 Å². The van der Waals surface area contributed by atoms with Crippen LogP contribution in [0.15, 0.2) is 123 Å². The van der Waals surface area contributed by atoms with Crippen LogP contribution in [0.25, 0.3) is 21.7 Å². The summed E-state index contributed by atoms with van der Waals surface area (Å²) in [5.74, 6) is -2.23. The van der Waals surface area contributed by atoms with E-state index in [-0.39, 0.29) is 34.0 Å². The number of carbonyl (C=O) groups is 2. The van der Waals surface area contributed by atoms with Crippen LogP contribution in [0.2, 0.25) is 0 Å². The average Bonchev–Trinajstić information content (AvgIpc) is 3.77. The van der Waals surface area contributed by atoms with Crippen LogP contribution in [0.1, 0.15) is 32.8 Å². The maximum Gasteiger partial charge on any atom is 0.297 e. The second-order valence-electron chi connectivity index (χ2n) is 11.9. The highest BCUT2D eigenvalue weighted by atomic mass is 32.2. The van der Waals surface area contributed by atoms with Gasteiger partial charge in [-0.3, -0.25) is 19.3 Å². The van der Waals surface area contributed by atoms with Crippen molar-refractivity contribution in [3.63, 3.8) is 0 Å². The zero-order chi connectivity index (χ0) is 34.1. The quantitative estimate of drug-likeness (QED) is 0.129. The fourth-order valence-electron chi connectivity index (χ4n) is 6.97. The van der Waals surface area contributed by atoms with Crippen molar-refractivity contribution in [3.05, 3.63) is 159 Å². The molecule has 5 aromatic carbocycles. The first kappa shape index (κ1) is 30.3. The lowest BCUT2D eigenvalue weighted by Crippen LogP contribution is -2.53. The molecule has 0 aliphatic carbocycles. The second kappa shape index (κ2) is 11.4. The highest BCUT2D eigenvalue weighted by Gasteiger charge is 2.66. The van der Waals surface area contributed by atoms with Gasteiger partial charge in [-0.25, -0.2) is 8.78 Å². The van der Waals surface area contributed by atoms with E-state index in [9.17, 15) is 18.4 Å². The van der Waals surface area contributed by atoms with Crippen molar-refractivity contribution in [1.29, 1.82) is 0 Å². The van der Waals surface area contributed by atoms with Gasteiger partial charge in [0, 0.05) is 11.3 Å². The molecule has 2 amide bonds. The molecule has 244 valence electrons. The fraction of sp³-hybridized carbons (Fsp3) is 0.0789. The van der Waals surface area contributed by atoms with Crippen LogP contribution in [0.3, 0.4) is 0 Å². The molecule has 1 unspecified atom stereocenters. The number of rotatable bonds is 6. The Balaban J connectivity index is 1.20. The van der Waals surface area contributed by atoms with E-state index in [1.165, 1.54) is 39.8 Å². The smallest absolute Gasteiger partial charge is 0.297 e. The van der Waals surface area contributed by atoms with E-state index in [2.05, 4.69) is 16.3 Å². The summed E-state index contributed by atoms with van der Waals surface area (Å²) < 4.78 is 34.9. The van der Waals surface area contributed by atoms with E-state index in [1.807, 2.05) is 36.4 Å². The molecule has 0 saturated heterocycles. The number of anilines is 2. The van der Waals surface area contributed by atoms with Crippen LogP contribution in [0, 0.1) is 11.6 Å². The van der Waals surface area contributed by atoms with E-state index < -0.39 is 34.4 Å². The van der Waals surface area contributed by atoms with Gasteiger partial charge in [-0.2, -0.15) is 0 Å². The summed E-state index contributed by atoms with van der Waals surface area (Å²) in [6.45, 7) is 0.0189. The minimum absolute atomic E-state index is 0.00555. The Bertz CT molecular complexity index is 2600. The van der Waals surface area contributed by atoms with Crippen LogP contribution in [-0.2, 0) is 22.6 Å². The number of halogens is 2. The maximum absolute atomic E-state index is 15.1. The molecule has 0 N–H and O–H groups in total. The Labute approximate surface area is 290 Å². The molecule has 0 saturated carbocycles. The zero-order valence-electron chi connectivity index (χ0n) is 25.8. The number of carbonyl (C=O) groups excluding carboxylic acids is 2. The van der Waals surface area contributed by atoms with E-state index in [4.69, 9.17) is 4.42 Å². The number of nitrogens with zero attached hydrogens (tertiary/aromatic N) is 4. The summed E-state index contributed by atoms with van der Waals surface area (Å²) in [5, 5.41) is 11.0. The molecule has 2 aliphatic heterocycles. The number of hydrogen-bond donors (Lipinski definition) is 0. The van der Waals surface area contributed by atoms with Crippen LogP contribution in [0.5, 0.6) is 0 Å². The summed E-state index contributed by atoms with van der Waals surface area (Å²) in [6.07, 6.45) is 0. The third-order valence-corrected chi connectivity index (χ3v) is 11.2. The molecular formula is C38H22F2N4O4S2. The largest absolute Gasteiger partial charge is 0.450 e. The first-order valence-electron chi connectivity index (χ1n) is 15.5. The Morgan fingerprint density at radius 2 is 1.56 bits per heavy atom. The molecule has 2 aliphatic rings. The Kier molecular flexibility index (Phi) is 6.94. The SMILES string of the molecule is O=C1c2oc3ccc(F)cc3c(=O)c2C2(C(=O)N(Cc3ccc(F)cc3)c3ccccc32)N1c1nnc(SCc2cccc3ccccc23)s1. The molecule has 0 fully saturated rings. The zero-order valence-corrected chi connectivity index (χ0v) is 27.4. The van der Waals surface area contributed by atoms with Gasteiger partial charge in [0.25, 0.3) is 11.8 Å². The molecular weight excluding hydrogens is 679 g/mol. The van der Waals surface area contributed by atoms with Gasteiger partial charge in [-0.1, -0.05) is 95.9 Å². The second-order valence-corrected chi connectivity index (χ2v) is 14.1. The molecule has 7 aromatic rings. The van der Waals surface area contributed by atoms with Crippen molar-refractivity contribution in [1.82, 2.24) is 10.2 Å². The van der Waals surface area contributed by atoms with Crippen molar-refractivity contribution in [2.75, 3.05) is 9.80 Å². The van der Waals surface area contributed by atoms with Gasteiger partial charge in [-0.15, -0.1) is 10.2 Å². The molecule has 1 spiro atoms. The van der Waals surface area contributed by atoms with Gasteiger partial charge >= 0.3 is 0 Å². The van der Waals surface area contributed by atoms with Gasteiger partial charge in [0.15, 0.2) is 15.3 Å². The molecule has 1 atom stereocenters. The molecule has 8 nitrogen and oxygen atoms in total. The molecule has 2 aromatic heterocycles. The fourth-order valence-corrected chi connectivity index (χ4v) is 8.87. The molecule has 9 rings (SSSR count). The molecule has 0 bridgehead atoms. The van der Waals surface area contributed by atoms with Gasteiger partial charge in [-0.05, 0) is 58.3 Å². The highest BCUT2D eigenvalue weighted by Crippen LogP contribution is 2.55. The van der Waals surface area contributed by atoms with Crippen LogP contribution >= 0.6 is 23.1 Å². The summed E-state index contributed by atoms with van der Waals surface area (Å²) in [7, 11) is 0. The third kappa shape index (κ3) is 4.45. The van der Waals surface area contributed by atoms with Gasteiger partial charge in [0.05, 0.1) is 23.2 Å². The van der Waals surface area contributed by atoms with Crippen molar-refractivity contribution >= 4 is 67.5 Å². The number of thioether (sulfide) groups is 1. The first-order valence-corrected chi connectivity index (χ1v) is 17.3. The Hall–Kier alpha value is -5.72. The van der Waals surface area contributed by atoms with E-state index in [0.29, 0.717) is 26.9 Å². The standard InChI is InChI=1S/C38H22F2N4O4S2/c39-24-14-12-21(13-15-24)19-43-29-11-4-3-10-28(29)38(35(43)47)31-32(45)27-18-25(40)16-17-30(27)48-33(31)34(46)44(38)36-41-42-37(50-36)49-20-23-8-5-7-22-6-1-2-9-26(22)23/h1-18H,19-20H2. The Morgan fingerprint density at radius 3 is 2.42 bits per heavy atom. The number of benzene rings is 5. The molecule has 4 heterocycles. The number of amides is 2. The lowest BCUT2D eigenvalue weighted by molar-refractivity contribution is -0.121. The van der Waals surface area contributed by atoms with E-state index in [0.717, 1.165) is 39.8 Å². The maximum atomic E-state index is 15.1. The minimum Gasteiger partial charge on any atom is -0.450 e. The first-order chi connectivity index (χ1) is 24.3. The minimum atomic E-state index is -2.04. The topological polar surface area (TPSA) is 96.6 Å². The van der Waals surface area contributed by atoms with Gasteiger partial charge in [0.2, 0.25) is 10.9 Å². The number of para-hydroxylation sites is 1. The van der Waals surface area contributed by atoms with Gasteiger partial charge in [0.1, 0.15) is 17.2 Å². The van der Waals surface area contributed by atoms with Crippen LogP contribution in [0.4, 0.5) is 19.6 Å². The number of aromatic nitrogens is 2. The summed E-state index contributed by atoms with van der Waals surface area (Å²) >= 11 is 2.55. The van der Waals surface area contributed by atoms with Crippen molar-refractivity contribution in [2.24, 2.45) is 0 Å². The lowest BCUT2D eigenvalue weighted by atomic mass is 9.84. The highest BCUT2D eigenvalue weighted by molar-refractivity contribution is 8.00. The molecule has 12 heteroatoms. The molecule has 0 radical (unpaired) electrons. The van der Waals surface area contributed by atoms with Crippen LogP contribution in [-0.4, -0.2) is 22.0 Å². The number of hydrogen-bond acceptors (Lipinski definition) is 8. The number of fused-ring (bicyclic) bond motifs is 6. The predicted octanol–water partition coefficient (Wildman–Crippen LogP) is 7.82. The summed E-state index contributed by atoms with van der Waals surface area (Å²) in [5.41, 5.74) is -0.455. The van der Waals surface area contributed by atoms with Crippen molar-refractivity contribution in [3.8, 4) is 0 Å². The Morgan fingerprint density at radius 1 is 0.800 bits per heavy atom. The van der Waals surface area contributed by atoms with Gasteiger partial charge < -0.3 is 9.32 Å². The van der Waals surface area contributed by atoms with E-state index in [1.54, 1.807) is 36.4 Å². The lowest BCUT2D eigenvalue weighted by Gasteiger charge is -2.32. The van der Waals surface area contributed by atoms with Crippen molar-refractivity contribution < 1.29 is 22.8 Å². The summed E-state index contributed by atoms with van der Waals surface area (Å²) in [4.78, 5) is 46.7. The molecule has 50 heavy (non-hydrogen) atoms. The van der Waals surface area contributed by atoms with E-state index >= 15 is 4.79 Å². The average molecular weight is 701 g/mol. The van der Waals surface area contributed by atoms with Crippen LogP contribution < -0.4 is 15.2 Å². The summed E-state index contributed by atoms with van der Waals surface area (Å²) in [6, 6.07) is 30.2. The third-order valence-electron chi connectivity index (χ3n) is 9.16.